The maximum absolute atomic E-state index is 14.0. The second-order valence-corrected chi connectivity index (χ2v) is 12.6. The second-order valence-electron chi connectivity index (χ2n) is 10.9. The highest BCUT2D eigenvalue weighted by Crippen LogP contribution is 2.47. The maximum atomic E-state index is 14.0. The van der Waals surface area contributed by atoms with E-state index in [1.54, 1.807) is 34.5 Å². The number of benzene rings is 1. The first-order chi connectivity index (χ1) is 18.1. The molecule has 2 saturated heterocycles. The Hall–Kier alpha value is -2.59. The summed E-state index contributed by atoms with van der Waals surface area (Å²) in [5, 5.41) is 4.14. The minimum Gasteiger partial charge on any atom is -0.449 e. The summed E-state index contributed by atoms with van der Waals surface area (Å²) in [4.78, 5) is 44.1. The molecule has 2 aliphatic heterocycles. The van der Waals surface area contributed by atoms with Gasteiger partial charge in [-0.1, -0.05) is 57.6 Å². The van der Waals surface area contributed by atoms with Gasteiger partial charge in [0.05, 0.1) is 28.5 Å². The molecule has 0 aliphatic carbocycles. The van der Waals surface area contributed by atoms with Gasteiger partial charge in [0.2, 0.25) is 5.91 Å². The number of ether oxygens (including phenoxy) is 1. The highest BCUT2D eigenvalue weighted by Gasteiger charge is 2.54. The Balaban J connectivity index is 1.53. The molecule has 1 N–H and O–H groups in total. The highest BCUT2D eigenvalue weighted by atomic mass is 32.2. The number of aromatic nitrogens is 1. The van der Waals surface area contributed by atoms with Gasteiger partial charge < -0.3 is 19.9 Å². The van der Waals surface area contributed by atoms with E-state index >= 15 is 0 Å². The first kappa shape index (κ1) is 28.4. The van der Waals surface area contributed by atoms with Gasteiger partial charge in [0.1, 0.15) is 12.1 Å². The molecular weight excluding hydrogens is 520 g/mol. The molecule has 206 valence electrons. The number of amides is 2. The van der Waals surface area contributed by atoms with Crippen molar-refractivity contribution in [1.29, 1.82) is 0 Å². The second kappa shape index (κ2) is 11.7. The van der Waals surface area contributed by atoms with Crippen LogP contribution in [0.25, 0.3) is 10.9 Å². The third kappa shape index (κ3) is 5.57. The number of likely N-dealkylation sites (N-methyl/N-ethyl adjacent to an activating group) is 1. The van der Waals surface area contributed by atoms with Crippen LogP contribution in [0.5, 0.6) is 0 Å². The molecule has 0 spiro atoms. The standard InChI is InChI=1S/C28H38N4O4S2/c1-6-7-15-36-27(35)30(5)18(2)24(37)29-20-13-16-38-22-17-28(3,4)23(32(22)25(20)33)26(34)31-14-12-19-10-8-9-11-21(19)31/h8-12,14,18,20,22-23H,6-7,13,15-17H2,1-5H3,(H,29,37)/t18-,20-,22-,23+/m0/s1. The summed E-state index contributed by atoms with van der Waals surface area (Å²) in [5.41, 5.74) is 0.443. The number of nitrogens with one attached hydrogen (secondary N) is 1. The van der Waals surface area contributed by atoms with E-state index in [1.807, 2.05) is 44.2 Å². The van der Waals surface area contributed by atoms with Crippen LogP contribution in [0, 0.1) is 5.41 Å². The largest absolute Gasteiger partial charge is 0.449 e. The molecule has 2 aromatic rings. The topological polar surface area (TPSA) is 83.9 Å². The molecular formula is C28H38N4O4S2. The van der Waals surface area contributed by atoms with Crippen LogP contribution in [0.4, 0.5) is 4.79 Å². The number of fused-ring (bicyclic) bond motifs is 2. The first-order valence-electron chi connectivity index (χ1n) is 13.3. The van der Waals surface area contributed by atoms with E-state index in [1.165, 1.54) is 4.90 Å². The number of carbonyl (C=O) groups is 3. The van der Waals surface area contributed by atoms with Gasteiger partial charge in [-0.25, -0.2) is 4.79 Å². The number of nitrogens with zero attached hydrogens (tertiary/aromatic N) is 3. The summed E-state index contributed by atoms with van der Waals surface area (Å²) in [7, 11) is 1.65. The molecule has 2 fully saturated rings. The predicted octanol–water partition coefficient (Wildman–Crippen LogP) is 4.91. The van der Waals surface area contributed by atoms with E-state index in [2.05, 4.69) is 19.2 Å². The number of unbranched alkanes of at least 4 members (excludes halogenated alkanes) is 1. The van der Waals surface area contributed by atoms with E-state index in [4.69, 9.17) is 17.0 Å². The third-order valence-corrected chi connectivity index (χ3v) is 9.37. The van der Waals surface area contributed by atoms with E-state index in [9.17, 15) is 14.4 Å². The number of thioether (sulfide) groups is 1. The minimum atomic E-state index is -0.604. The Kier molecular flexibility index (Phi) is 8.72. The fourth-order valence-corrected chi connectivity index (χ4v) is 7.14. The zero-order valence-electron chi connectivity index (χ0n) is 22.8. The van der Waals surface area contributed by atoms with Crippen molar-refractivity contribution >= 4 is 57.8 Å². The normalized spacial score (nSPS) is 23.4. The number of carbonyl (C=O) groups excluding carboxylic acids is 3. The summed E-state index contributed by atoms with van der Waals surface area (Å²) >= 11 is 7.36. The van der Waals surface area contributed by atoms with Crippen molar-refractivity contribution in [2.45, 2.75) is 76.9 Å². The van der Waals surface area contributed by atoms with Gasteiger partial charge in [-0.2, -0.15) is 0 Å². The van der Waals surface area contributed by atoms with Crippen molar-refractivity contribution in [3.8, 4) is 0 Å². The van der Waals surface area contributed by atoms with Crippen molar-refractivity contribution < 1.29 is 19.1 Å². The van der Waals surface area contributed by atoms with Crippen LogP contribution in [-0.2, 0) is 9.53 Å². The molecule has 4 atom stereocenters. The summed E-state index contributed by atoms with van der Waals surface area (Å²) < 4.78 is 7.00. The van der Waals surface area contributed by atoms with Gasteiger partial charge in [-0.05, 0) is 49.5 Å². The summed E-state index contributed by atoms with van der Waals surface area (Å²) in [6.07, 6.45) is 4.42. The van der Waals surface area contributed by atoms with Crippen molar-refractivity contribution in [1.82, 2.24) is 19.7 Å². The lowest BCUT2D eigenvalue weighted by Gasteiger charge is -2.35. The summed E-state index contributed by atoms with van der Waals surface area (Å²) in [6, 6.07) is 8.08. The molecule has 0 saturated carbocycles. The molecule has 8 nitrogen and oxygen atoms in total. The van der Waals surface area contributed by atoms with E-state index < -0.39 is 29.6 Å². The molecule has 38 heavy (non-hydrogen) atoms. The Labute approximate surface area is 234 Å². The fourth-order valence-electron chi connectivity index (χ4n) is 5.26. The molecule has 10 heteroatoms. The Morgan fingerprint density at radius 2 is 2.03 bits per heavy atom. The SMILES string of the molecule is CCCCOC(=O)N(C)[C@@H](C)C(=S)N[C@H]1CCS[C@H]2CC(C)(C)[C@@H](C(=O)n3ccc4ccccc43)N2C1=O. The Morgan fingerprint density at radius 1 is 1.29 bits per heavy atom. The zero-order chi connectivity index (χ0) is 27.6. The average Bonchev–Trinajstić information content (AvgIpc) is 3.40. The lowest BCUT2D eigenvalue weighted by molar-refractivity contribution is -0.134. The molecule has 1 aromatic carbocycles. The molecule has 0 radical (unpaired) electrons. The van der Waals surface area contributed by atoms with E-state index in [0.29, 0.717) is 18.0 Å². The van der Waals surface area contributed by atoms with Gasteiger partial charge in [0, 0.05) is 18.6 Å². The Bertz CT molecular complexity index is 1210. The Morgan fingerprint density at radius 3 is 2.76 bits per heavy atom. The number of thiocarbonyl (C=S) groups is 1. The quantitative estimate of drug-likeness (QED) is 0.382. The van der Waals surface area contributed by atoms with Crippen LogP contribution in [-0.4, -0.2) is 80.2 Å². The number of rotatable bonds is 7. The average molecular weight is 559 g/mol. The molecule has 4 rings (SSSR count). The third-order valence-electron chi connectivity index (χ3n) is 7.66. The number of para-hydroxylation sites is 1. The number of hydrogen-bond acceptors (Lipinski definition) is 6. The summed E-state index contributed by atoms with van der Waals surface area (Å²) in [5.74, 6) is 0.543. The molecule has 0 unspecified atom stereocenters. The van der Waals surface area contributed by atoms with Crippen molar-refractivity contribution in [2.24, 2.45) is 5.41 Å². The molecule has 3 heterocycles. The van der Waals surface area contributed by atoms with Gasteiger partial charge in [0.25, 0.3) is 5.91 Å². The van der Waals surface area contributed by atoms with Gasteiger partial charge in [0.15, 0.2) is 0 Å². The lowest BCUT2D eigenvalue weighted by atomic mass is 9.84. The van der Waals surface area contributed by atoms with E-state index in [-0.39, 0.29) is 17.2 Å². The number of hydrogen-bond donors (Lipinski definition) is 1. The molecule has 2 amide bonds. The van der Waals surface area contributed by atoms with Crippen LogP contribution < -0.4 is 5.32 Å². The maximum Gasteiger partial charge on any atom is 0.410 e. The van der Waals surface area contributed by atoms with Crippen LogP contribution in [0.15, 0.2) is 36.5 Å². The summed E-state index contributed by atoms with van der Waals surface area (Å²) in [6.45, 7) is 8.35. The predicted molar refractivity (Wildman–Crippen MR) is 155 cm³/mol. The molecule has 2 aliphatic rings. The van der Waals surface area contributed by atoms with Crippen molar-refractivity contribution in [2.75, 3.05) is 19.4 Å². The monoisotopic (exact) mass is 558 g/mol. The van der Waals surface area contributed by atoms with Crippen molar-refractivity contribution in [3.63, 3.8) is 0 Å². The van der Waals surface area contributed by atoms with Gasteiger partial charge in [-0.15, -0.1) is 11.8 Å². The smallest absolute Gasteiger partial charge is 0.410 e. The zero-order valence-corrected chi connectivity index (χ0v) is 24.4. The van der Waals surface area contributed by atoms with Crippen LogP contribution in [0.2, 0.25) is 0 Å². The van der Waals surface area contributed by atoms with Crippen LogP contribution >= 0.6 is 24.0 Å². The van der Waals surface area contributed by atoms with Crippen LogP contribution in [0.1, 0.15) is 58.2 Å². The lowest BCUT2D eigenvalue weighted by Crippen LogP contribution is -2.57. The fraction of sp³-hybridized carbons (Fsp3) is 0.571. The first-order valence-corrected chi connectivity index (χ1v) is 14.8. The van der Waals surface area contributed by atoms with E-state index in [0.717, 1.165) is 35.9 Å². The molecule has 0 bridgehead atoms. The molecule has 1 aromatic heterocycles. The van der Waals surface area contributed by atoms with Crippen LogP contribution in [0.3, 0.4) is 0 Å². The van der Waals surface area contributed by atoms with Gasteiger partial charge >= 0.3 is 6.09 Å². The highest BCUT2D eigenvalue weighted by molar-refractivity contribution is 7.99. The van der Waals surface area contributed by atoms with Gasteiger partial charge in [-0.3, -0.25) is 14.2 Å². The minimum absolute atomic E-state index is 0.0812. The van der Waals surface area contributed by atoms with Crippen molar-refractivity contribution in [3.05, 3.63) is 36.5 Å².